The highest BCUT2D eigenvalue weighted by atomic mass is 16.6. The second kappa shape index (κ2) is 5.57. The lowest BCUT2D eigenvalue weighted by atomic mass is 10.2. The van der Waals surface area contributed by atoms with E-state index in [1.54, 1.807) is 12.1 Å². The zero-order valence-corrected chi connectivity index (χ0v) is 10.7. The van der Waals surface area contributed by atoms with Gasteiger partial charge in [-0.25, -0.2) is 0 Å². The molecule has 0 atom stereocenters. The van der Waals surface area contributed by atoms with Crippen molar-refractivity contribution < 1.29 is 9.45 Å². The van der Waals surface area contributed by atoms with Crippen LogP contribution in [0.2, 0.25) is 0 Å². The summed E-state index contributed by atoms with van der Waals surface area (Å²) in [4.78, 5) is 14.3. The van der Waals surface area contributed by atoms with E-state index in [2.05, 4.69) is 15.5 Å². The van der Waals surface area contributed by atoms with Gasteiger partial charge in [-0.2, -0.15) is 4.98 Å². The monoisotopic (exact) mass is 262 g/mol. The third-order valence-corrected chi connectivity index (χ3v) is 2.47. The quantitative estimate of drug-likeness (QED) is 0.655. The molecule has 0 aliphatic heterocycles. The molecule has 2 rings (SSSR count). The van der Waals surface area contributed by atoms with E-state index in [1.165, 1.54) is 12.1 Å². The van der Waals surface area contributed by atoms with Crippen LogP contribution >= 0.6 is 0 Å². The third-order valence-electron chi connectivity index (χ3n) is 2.47. The van der Waals surface area contributed by atoms with E-state index in [0.29, 0.717) is 29.9 Å². The third kappa shape index (κ3) is 3.35. The number of rotatable bonds is 5. The minimum absolute atomic E-state index is 0.0361. The number of aromatic nitrogens is 2. The fraction of sp³-hybridized carbons (Fsp3) is 0.333. The summed E-state index contributed by atoms with van der Waals surface area (Å²) in [6, 6.07) is 6.36. The van der Waals surface area contributed by atoms with Crippen LogP contribution in [0.4, 0.5) is 5.69 Å². The summed E-state index contributed by atoms with van der Waals surface area (Å²) in [5, 5.41) is 17.6. The minimum Gasteiger partial charge on any atom is -0.338 e. The summed E-state index contributed by atoms with van der Waals surface area (Å²) in [5.74, 6) is 0.914. The minimum atomic E-state index is -0.446. The van der Waals surface area contributed by atoms with Gasteiger partial charge in [0.2, 0.25) is 11.7 Å². The van der Waals surface area contributed by atoms with Crippen LogP contribution in [-0.2, 0) is 6.54 Å². The van der Waals surface area contributed by atoms with E-state index < -0.39 is 4.92 Å². The topological polar surface area (TPSA) is 94.1 Å². The van der Waals surface area contributed by atoms with Gasteiger partial charge in [0.25, 0.3) is 5.69 Å². The second-order valence-electron chi connectivity index (χ2n) is 4.35. The van der Waals surface area contributed by atoms with Gasteiger partial charge < -0.3 is 9.84 Å². The van der Waals surface area contributed by atoms with Gasteiger partial charge in [-0.15, -0.1) is 0 Å². The molecule has 0 aliphatic carbocycles. The van der Waals surface area contributed by atoms with Crippen molar-refractivity contribution in [3.63, 3.8) is 0 Å². The molecule has 0 bridgehead atoms. The molecule has 0 amide bonds. The number of non-ortho nitro benzene ring substituents is 1. The van der Waals surface area contributed by atoms with Crippen molar-refractivity contribution in [2.24, 2.45) is 0 Å². The molecule has 1 N–H and O–H groups in total. The molecule has 0 unspecified atom stereocenters. The summed E-state index contributed by atoms with van der Waals surface area (Å²) in [6.07, 6.45) is 0. The maximum absolute atomic E-state index is 10.5. The first-order chi connectivity index (χ1) is 9.06. The smallest absolute Gasteiger partial charge is 0.269 e. The summed E-state index contributed by atoms with van der Waals surface area (Å²) in [7, 11) is 0. The Bertz CT molecular complexity index is 563. The molecule has 2 aromatic rings. The summed E-state index contributed by atoms with van der Waals surface area (Å²) in [6.45, 7) is 4.54. The second-order valence-corrected chi connectivity index (χ2v) is 4.35. The zero-order chi connectivity index (χ0) is 13.8. The molecule has 0 saturated carbocycles. The fourth-order valence-electron chi connectivity index (χ4n) is 1.47. The van der Waals surface area contributed by atoms with E-state index in [1.807, 2.05) is 13.8 Å². The lowest BCUT2D eigenvalue weighted by Gasteiger charge is -2.02. The maximum atomic E-state index is 10.5. The number of benzene rings is 1. The average molecular weight is 262 g/mol. The molecule has 7 heteroatoms. The van der Waals surface area contributed by atoms with E-state index in [0.717, 1.165) is 0 Å². The normalized spacial score (nSPS) is 10.9. The molecule has 1 aromatic heterocycles. The van der Waals surface area contributed by atoms with Crippen LogP contribution in [0.25, 0.3) is 11.4 Å². The first kappa shape index (κ1) is 13.2. The standard InChI is InChI=1S/C12H14N4O3/c1-8(2)13-7-11-14-12(15-19-11)9-3-5-10(6-4-9)16(17)18/h3-6,8,13H,7H2,1-2H3. The van der Waals surface area contributed by atoms with Gasteiger partial charge in [0.05, 0.1) is 11.5 Å². The Labute approximate surface area is 109 Å². The van der Waals surface area contributed by atoms with Gasteiger partial charge in [0, 0.05) is 23.7 Å². The Hall–Kier alpha value is -2.28. The van der Waals surface area contributed by atoms with Crippen molar-refractivity contribution in [2.75, 3.05) is 0 Å². The van der Waals surface area contributed by atoms with Crippen molar-refractivity contribution >= 4 is 5.69 Å². The lowest BCUT2D eigenvalue weighted by Crippen LogP contribution is -2.21. The molecular formula is C12H14N4O3. The van der Waals surface area contributed by atoms with Crippen LogP contribution in [0, 0.1) is 10.1 Å². The van der Waals surface area contributed by atoms with Crippen LogP contribution in [-0.4, -0.2) is 21.1 Å². The Balaban J connectivity index is 2.11. The van der Waals surface area contributed by atoms with Crippen molar-refractivity contribution in [3.05, 3.63) is 40.3 Å². The average Bonchev–Trinajstić information content (AvgIpc) is 2.85. The van der Waals surface area contributed by atoms with Gasteiger partial charge in [0.1, 0.15) is 0 Å². The van der Waals surface area contributed by atoms with Gasteiger partial charge in [-0.1, -0.05) is 19.0 Å². The van der Waals surface area contributed by atoms with Crippen molar-refractivity contribution in [2.45, 2.75) is 26.4 Å². The van der Waals surface area contributed by atoms with E-state index in [9.17, 15) is 10.1 Å². The van der Waals surface area contributed by atoms with Crippen molar-refractivity contribution in [1.82, 2.24) is 15.5 Å². The number of nitrogens with one attached hydrogen (secondary N) is 1. The number of nitro benzene ring substituents is 1. The Morgan fingerprint density at radius 2 is 2.05 bits per heavy atom. The summed E-state index contributed by atoms with van der Waals surface area (Å²) >= 11 is 0. The largest absolute Gasteiger partial charge is 0.338 e. The van der Waals surface area contributed by atoms with E-state index in [4.69, 9.17) is 4.52 Å². The SMILES string of the molecule is CC(C)NCc1nc(-c2ccc([N+](=O)[O-])cc2)no1. The predicted octanol–water partition coefficient (Wildman–Crippen LogP) is 2.14. The lowest BCUT2D eigenvalue weighted by molar-refractivity contribution is -0.384. The van der Waals surface area contributed by atoms with Gasteiger partial charge in [-0.05, 0) is 12.1 Å². The molecule has 0 aliphatic rings. The number of nitro groups is 1. The van der Waals surface area contributed by atoms with Crippen LogP contribution in [0.15, 0.2) is 28.8 Å². The number of hydrogen-bond acceptors (Lipinski definition) is 6. The van der Waals surface area contributed by atoms with E-state index >= 15 is 0 Å². The molecule has 0 fully saturated rings. The highest BCUT2D eigenvalue weighted by Gasteiger charge is 2.10. The van der Waals surface area contributed by atoms with E-state index in [-0.39, 0.29) is 5.69 Å². The Morgan fingerprint density at radius 1 is 1.37 bits per heavy atom. The van der Waals surface area contributed by atoms with Crippen LogP contribution < -0.4 is 5.32 Å². The molecule has 1 aromatic carbocycles. The highest BCUT2D eigenvalue weighted by molar-refractivity contribution is 5.56. The maximum Gasteiger partial charge on any atom is 0.269 e. The van der Waals surface area contributed by atoms with Crippen LogP contribution in [0.1, 0.15) is 19.7 Å². The van der Waals surface area contributed by atoms with Gasteiger partial charge >= 0.3 is 0 Å². The fourth-order valence-corrected chi connectivity index (χ4v) is 1.47. The molecule has 19 heavy (non-hydrogen) atoms. The first-order valence-electron chi connectivity index (χ1n) is 5.87. The molecule has 100 valence electrons. The van der Waals surface area contributed by atoms with Gasteiger partial charge in [0.15, 0.2) is 0 Å². The molecule has 0 radical (unpaired) electrons. The molecule has 0 spiro atoms. The summed E-state index contributed by atoms with van der Waals surface area (Å²) < 4.78 is 5.09. The molecule has 7 nitrogen and oxygen atoms in total. The zero-order valence-electron chi connectivity index (χ0n) is 10.7. The summed E-state index contributed by atoms with van der Waals surface area (Å²) in [5.41, 5.74) is 0.721. The number of hydrogen-bond donors (Lipinski definition) is 1. The number of nitrogens with zero attached hydrogens (tertiary/aromatic N) is 3. The van der Waals surface area contributed by atoms with Gasteiger partial charge in [-0.3, -0.25) is 10.1 Å². The Kier molecular flexibility index (Phi) is 3.86. The van der Waals surface area contributed by atoms with Crippen LogP contribution in [0.5, 0.6) is 0 Å². The molecule has 1 heterocycles. The highest BCUT2D eigenvalue weighted by Crippen LogP contribution is 2.19. The van der Waals surface area contributed by atoms with Crippen molar-refractivity contribution in [3.8, 4) is 11.4 Å². The Morgan fingerprint density at radius 3 is 2.63 bits per heavy atom. The first-order valence-corrected chi connectivity index (χ1v) is 5.87. The van der Waals surface area contributed by atoms with Crippen LogP contribution in [0.3, 0.4) is 0 Å². The molecular weight excluding hydrogens is 248 g/mol. The molecule has 0 saturated heterocycles. The predicted molar refractivity (Wildman–Crippen MR) is 68.4 cm³/mol. The van der Waals surface area contributed by atoms with Crippen molar-refractivity contribution in [1.29, 1.82) is 0 Å².